The summed E-state index contributed by atoms with van der Waals surface area (Å²) in [5.74, 6) is 1.92. The van der Waals surface area contributed by atoms with Crippen molar-refractivity contribution in [3.05, 3.63) is 0 Å². The molecule has 5 aliphatic rings. The zero-order valence-electron chi connectivity index (χ0n) is 12.1. The van der Waals surface area contributed by atoms with Gasteiger partial charge in [0.25, 0.3) is 0 Å². The van der Waals surface area contributed by atoms with Crippen LogP contribution in [0.2, 0.25) is 0 Å². The van der Waals surface area contributed by atoms with Crippen LogP contribution in [-0.4, -0.2) is 53.3 Å². The summed E-state index contributed by atoms with van der Waals surface area (Å²) in [6, 6.07) is -0.0795. The van der Waals surface area contributed by atoms with Crippen LogP contribution < -0.4 is 5.32 Å². The number of imide groups is 1. The number of urea groups is 1. The van der Waals surface area contributed by atoms with Crippen molar-refractivity contribution in [3.63, 3.8) is 0 Å². The fraction of sp³-hybridized carbons (Fsp3) is 0.800. The molecule has 5 fully saturated rings. The summed E-state index contributed by atoms with van der Waals surface area (Å²) in [5.41, 5.74) is 0. The third-order valence-corrected chi connectivity index (χ3v) is 5.62. The number of carbonyl (C=O) groups excluding carboxylic acids is 3. The number of rotatable bonds is 2. The molecular weight excluding hydrogens is 270 g/mol. The molecule has 0 spiro atoms. The molecule has 2 atom stereocenters. The normalized spacial score (nSPS) is 37.9. The van der Waals surface area contributed by atoms with Gasteiger partial charge in [0.1, 0.15) is 13.1 Å². The van der Waals surface area contributed by atoms with Gasteiger partial charge in [-0.3, -0.25) is 14.9 Å². The van der Waals surface area contributed by atoms with Crippen LogP contribution in [0.25, 0.3) is 0 Å². The Labute approximate surface area is 123 Å². The first-order valence-corrected chi connectivity index (χ1v) is 7.96. The highest BCUT2D eigenvalue weighted by Gasteiger charge is 2.44. The van der Waals surface area contributed by atoms with Gasteiger partial charge in [-0.05, 0) is 49.9 Å². The molecule has 3 heterocycles. The van der Waals surface area contributed by atoms with Crippen LogP contribution in [0, 0.1) is 17.8 Å². The Balaban J connectivity index is 1.47. The average molecular weight is 291 g/mol. The van der Waals surface area contributed by atoms with Crippen LogP contribution in [-0.2, 0) is 9.59 Å². The molecule has 2 aliphatic carbocycles. The molecule has 0 aromatic heterocycles. The Morgan fingerprint density at radius 3 is 2.33 bits per heavy atom. The Hall–Kier alpha value is -1.59. The van der Waals surface area contributed by atoms with Gasteiger partial charge in [-0.25, -0.2) is 4.79 Å². The fourth-order valence-corrected chi connectivity index (χ4v) is 4.95. The first kappa shape index (κ1) is 13.1. The number of hydrogen-bond donors (Lipinski definition) is 1. The number of amides is 4. The van der Waals surface area contributed by atoms with Crippen molar-refractivity contribution in [2.45, 2.75) is 38.1 Å². The van der Waals surface area contributed by atoms with Crippen LogP contribution in [0.1, 0.15) is 32.1 Å². The van der Waals surface area contributed by atoms with E-state index in [0.717, 1.165) is 31.2 Å². The average Bonchev–Trinajstić information content (AvgIpc) is 2.59. The van der Waals surface area contributed by atoms with Crippen LogP contribution in [0.5, 0.6) is 0 Å². The van der Waals surface area contributed by atoms with E-state index in [1.807, 2.05) is 4.90 Å². The molecule has 2 unspecified atom stereocenters. The Morgan fingerprint density at radius 2 is 1.71 bits per heavy atom. The van der Waals surface area contributed by atoms with Crippen LogP contribution in [0.4, 0.5) is 4.79 Å². The molecule has 6 nitrogen and oxygen atoms in total. The summed E-state index contributed by atoms with van der Waals surface area (Å²) < 4.78 is 0. The van der Waals surface area contributed by atoms with E-state index in [1.165, 1.54) is 24.2 Å². The number of nitrogens with one attached hydrogen (secondary N) is 1. The van der Waals surface area contributed by atoms with Gasteiger partial charge in [-0.15, -0.1) is 0 Å². The lowest BCUT2D eigenvalue weighted by Crippen LogP contribution is -2.47. The summed E-state index contributed by atoms with van der Waals surface area (Å²) in [6.07, 6.45) is 6.13. The number of fused-ring (bicyclic) bond motifs is 1. The second kappa shape index (κ2) is 4.71. The van der Waals surface area contributed by atoms with Gasteiger partial charge in [0.15, 0.2) is 0 Å². The van der Waals surface area contributed by atoms with Crippen LogP contribution in [0.3, 0.4) is 0 Å². The molecule has 1 N–H and O–H groups in total. The highest BCUT2D eigenvalue weighted by Crippen LogP contribution is 2.47. The van der Waals surface area contributed by atoms with Crippen molar-refractivity contribution in [1.29, 1.82) is 0 Å². The summed E-state index contributed by atoms with van der Waals surface area (Å²) in [4.78, 5) is 38.7. The molecule has 21 heavy (non-hydrogen) atoms. The third kappa shape index (κ3) is 2.30. The Morgan fingerprint density at radius 1 is 1.05 bits per heavy atom. The minimum atomic E-state index is -0.436. The van der Waals surface area contributed by atoms with Crippen molar-refractivity contribution in [2.24, 2.45) is 17.8 Å². The number of nitrogens with zero attached hydrogens (tertiary/aromatic N) is 2. The highest BCUT2D eigenvalue weighted by molar-refractivity contribution is 6.03. The van der Waals surface area contributed by atoms with E-state index < -0.39 is 6.03 Å². The predicted octanol–water partition coefficient (Wildman–Crippen LogP) is 0.575. The second-order valence-corrected chi connectivity index (χ2v) is 7.19. The van der Waals surface area contributed by atoms with Crippen molar-refractivity contribution in [1.82, 2.24) is 15.1 Å². The van der Waals surface area contributed by atoms with Crippen molar-refractivity contribution in [2.75, 3.05) is 19.6 Å². The third-order valence-electron chi connectivity index (χ3n) is 5.62. The lowest BCUT2D eigenvalue weighted by molar-refractivity contribution is -0.134. The maximum atomic E-state index is 12.6. The van der Waals surface area contributed by atoms with E-state index in [0.29, 0.717) is 12.0 Å². The molecule has 2 saturated carbocycles. The summed E-state index contributed by atoms with van der Waals surface area (Å²) in [6.45, 7) is 0.897. The van der Waals surface area contributed by atoms with E-state index in [9.17, 15) is 14.4 Å². The lowest BCUT2D eigenvalue weighted by atomic mass is 9.68. The van der Waals surface area contributed by atoms with Crippen molar-refractivity contribution in [3.8, 4) is 0 Å². The van der Waals surface area contributed by atoms with Crippen molar-refractivity contribution < 1.29 is 14.4 Å². The zero-order chi connectivity index (χ0) is 14.6. The zero-order valence-corrected chi connectivity index (χ0v) is 12.1. The monoisotopic (exact) mass is 291 g/mol. The Bertz CT molecular complexity index is 492. The van der Waals surface area contributed by atoms with Gasteiger partial charge in [0, 0.05) is 12.6 Å². The van der Waals surface area contributed by atoms with Crippen LogP contribution >= 0.6 is 0 Å². The standard InChI is InChI=1S/C15H21N3O3/c19-13-7-17(15(21)16-13)8-14(20)18-6-11-2-9-1-10(3-11)5-12(18)4-9/h9-12H,1-8H2,(H,16,19,21). The van der Waals surface area contributed by atoms with Gasteiger partial charge in [0.05, 0.1) is 0 Å². The van der Waals surface area contributed by atoms with Crippen LogP contribution in [0.15, 0.2) is 0 Å². The number of carbonyl (C=O) groups is 3. The summed E-state index contributed by atoms with van der Waals surface area (Å²) >= 11 is 0. The molecular formula is C15H21N3O3. The molecule has 5 rings (SSSR count). The molecule has 4 bridgehead atoms. The van der Waals surface area contributed by atoms with Gasteiger partial charge in [-0.2, -0.15) is 0 Å². The maximum Gasteiger partial charge on any atom is 0.325 e. The van der Waals surface area contributed by atoms with E-state index in [2.05, 4.69) is 5.32 Å². The molecule has 3 saturated heterocycles. The van der Waals surface area contributed by atoms with Gasteiger partial charge in [-0.1, -0.05) is 0 Å². The van der Waals surface area contributed by atoms with Gasteiger partial charge >= 0.3 is 6.03 Å². The maximum absolute atomic E-state index is 12.6. The largest absolute Gasteiger partial charge is 0.338 e. The first-order chi connectivity index (χ1) is 10.1. The molecule has 114 valence electrons. The molecule has 0 aromatic carbocycles. The van der Waals surface area contributed by atoms with Gasteiger partial charge < -0.3 is 9.80 Å². The molecule has 0 radical (unpaired) electrons. The summed E-state index contributed by atoms with van der Waals surface area (Å²) in [5, 5.41) is 2.23. The molecule has 0 aromatic rings. The number of hydrogen-bond acceptors (Lipinski definition) is 3. The fourth-order valence-electron chi connectivity index (χ4n) is 4.95. The SMILES string of the molecule is O=C1CN(CC(=O)N2CC3CC4CC(C3)CC2C4)C(=O)N1. The lowest BCUT2D eigenvalue weighted by Gasteiger charge is -2.39. The first-order valence-electron chi connectivity index (χ1n) is 7.96. The molecule has 3 aliphatic heterocycles. The summed E-state index contributed by atoms with van der Waals surface area (Å²) in [7, 11) is 0. The Kier molecular flexibility index (Phi) is 2.94. The topological polar surface area (TPSA) is 69.7 Å². The molecule has 4 amide bonds. The minimum Gasteiger partial charge on any atom is -0.338 e. The minimum absolute atomic E-state index is 0.0117. The smallest absolute Gasteiger partial charge is 0.325 e. The highest BCUT2D eigenvalue weighted by atomic mass is 16.2. The predicted molar refractivity (Wildman–Crippen MR) is 74.2 cm³/mol. The molecule has 6 heteroatoms. The van der Waals surface area contributed by atoms with E-state index in [-0.39, 0.29) is 24.9 Å². The second-order valence-electron chi connectivity index (χ2n) is 7.19. The van der Waals surface area contributed by atoms with Crippen molar-refractivity contribution >= 4 is 17.8 Å². The van der Waals surface area contributed by atoms with Gasteiger partial charge in [0.2, 0.25) is 11.8 Å². The van der Waals surface area contributed by atoms with E-state index in [1.54, 1.807) is 0 Å². The van der Waals surface area contributed by atoms with E-state index in [4.69, 9.17) is 0 Å². The van der Waals surface area contributed by atoms with E-state index >= 15 is 0 Å². The quantitative estimate of drug-likeness (QED) is 0.756.